The van der Waals surface area contributed by atoms with Gasteiger partial charge in [0.15, 0.2) is 0 Å². The summed E-state index contributed by atoms with van der Waals surface area (Å²) in [4.78, 5) is 12.7. The van der Waals surface area contributed by atoms with Gasteiger partial charge in [-0.2, -0.15) is 4.31 Å². The van der Waals surface area contributed by atoms with Gasteiger partial charge in [0, 0.05) is 19.1 Å². The lowest BCUT2D eigenvalue weighted by Crippen LogP contribution is -2.51. The number of urea groups is 1. The monoisotopic (exact) mass is 464 g/mol. The van der Waals surface area contributed by atoms with Gasteiger partial charge in [-0.3, -0.25) is 0 Å². The number of methoxy groups -OCH3 is 1. The van der Waals surface area contributed by atoms with E-state index in [4.69, 9.17) is 4.74 Å². The maximum Gasteiger partial charge on any atom is 0.315 e. The van der Waals surface area contributed by atoms with Crippen molar-refractivity contribution in [1.29, 1.82) is 0 Å². The molecule has 2 N–H and O–H groups in total. The fourth-order valence-corrected chi connectivity index (χ4v) is 5.94. The maximum absolute atomic E-state index is 13.2. The summed E-state index contributed by atoms with van der Waals surface area (Å²) >= 11 is 0. The zero-order valence-corrected chi connectivity index (χ0v) is 20.1. The van der Waals surface area contributed by atoms with E-state index in [9.17, 15) is 13.2 Å². The molecule has 8 heteroatoms. The minimum atomic E-state index is -3.62. The number of rotatable bonds is 6. The highest BCUT2D eigenvalue weighted by molar-refractivity contribution is 7.89. The topological polar surface area (TPSA) is 87.7 Å². The van der Waals surface area contributed by atoms with Crippen molar-refractivity contribution >= 4 is 16.1 Å². The Kier molecular flexibility index (Phi) is 12.1. The van der Waals surface area contributed by atoms with Crippen LogP contribution >= 0.6 is 0 Å². The zero-order valence-electron chi connectivity index (χ0n) is 19.3. The molecule has 1 heterocycles. The van der Waals surface area contributed by atoms with Gasteiger partial charge in [-0.1, -0.05) is 53.4 Å². The van der Waals surface area contributed by atoms with E-state index < -0.39 is 10.0 Å². The van der Waals surface area contributed by atoms with Crippen LogP contribution in [0.25, 0.3) is 0 Å². The van der Waals surface area contributed by atoms with Crippen LogP contribution < -0.4 is 15.4 Å². The molecular formula is C24H38N3O4S. The molecule has 5 radical (unpaired) electrons. The lowest BCUT2D eigenvalue weighted by atomic mass is 9.97. The number of carbonyl (C=O) groups excluding carboxylic acids is 1. The first-order chi connectivity index (χ1) is 14.5. The second kappa shape index (κ2) is 13.7. The molecule has 179 valence electrons. The Labute approximate surface area is 195 Å². The third-order valence-corrected chi connectivity index (χ3v) is 7.95. The molecule has 0 bridgehead atoms. The zero-order chi connectivity index (χ0) is 21.4. The molecule has 1 saturated carbocycles. The summed E-state index contributed by atoms with van der Waals surface area (Å²) in [7, 11) is -2.07. The van der Waals surface area contributed by atoms with Crippen LogP contribution in [0, 0.1) is 20.9 Å². The average Bonchev–Trinajstić information content (AvgIpc) is 2.74. The van der Waals surface area contributed by atoms with Crippen molar-refractivity contribution in [1.82, 2.24) is 14.9 Å². The van der Waals surface area contributed by atoms with Crippen LogP contribution in [0.3, 0.4) is 0 Å². The van der Waals surface area contributed by atoms with Crippen LogP contribution in [0.4, 0.5) is 4.79 Å². The molecule has 1 unspecified atom stereocenters. The van der Waals surface area contributed by atoms with Crippen LogP contribution in [-0.2, 0) is 10.0 Å². The quantitative estimate of drug-likeness (QED) is 0.650. The van der Waals surface area contributed by atoms with Gasteiger partial charge >= 0.3 is 6.03 Å². The normalized spacial score (nSPS) is 20.6. The summed E-state index contributed by atoms with van der Waals surface area (Å²) in [5, 5.41) is 5.92. The van der Waals surface area contributed by atoms with Crippen molar-refractivity contribution in [3.05, 3.63) is 45.2 Å². The number of ether oxygens (including phenoxy) is 1. The molecule has 1 aliphatic carbocycles. The van der Waals surface area contributed by atoms with E-state index in [0.717, 1.165) is 51.0 Å². The molecule has 1 saturated heterocycles. The predicted molar refractivity (Wildman–Crippen MR) is 127 cm³/mol. The van der Waals surface area contributed by atoms with Crippen LogP contribution in [0.5, 0.6) is 5.75 Å². The molecule has 3 rings (SSSR count). The molecule has 7 nitrogen and oxygen atoms in total. The first-order valence-electron chi connectivity index (χ1n) is 11.1. The van der Waals surface area contributed by atoms with E-state index >= 15 is 0 Å². The summed E-state index contributed by atoms with van der Waals surface area (Å²) in [6.45, 7) is 0.786. The highest BCUT2D eigenvalue weighted by Gasteiger charge is 2.33. The summed E-state index contributed by atoms with van der Waals surface area (Å²) in [5.74, 6) is 0.620. The maximum atomic E-state index is 13.2. The smallest absolute Gasteiger partial charge is 0.315 e. The summed E-state index contributed by atoms with van der Waals surface area (Å²) in [6, 6.07) is 7.10. The van der Waals surface area contributed by atoms with Crippen molar-refractivity contribution < 1.29 is 17.9 Å². The molecule has 0 spiro atoms. The Balaban J connectivity index is 0.00000256. The second-order valence-corrected chi connectivity index (χ2v) is 10.0. The number of amides is 2. The number of benzene rings is 1. The van der Waals surface area contributed by atoms with Gasteiger partial charge in [-0.15, -0.1) is 0 Å². The summed E-state index contributed by atoms with van der Waals surface area (Å²) in [5.41, 5.74) is 0. The number of nitrogens with one attached hydrogen (secondary N) is 2. The molecule has 1 aromatic rings. The summed E-state index contributed by atoms with van der Waals surface area (Å²) < 4.78 is 33.0. The average molecular weight is 465 g/mol. The van der Waals surface area contributed by atoms with Crippen LogP contribution in [-0.4, -0.2) is 45.0 Å². The number of sulfonamides is 1. The van der Waals surface area contributed by atoms with E-state index in [1.165, 1.54) is 19.3 Å². The van der Waals surface area contributed by atoms with Gasteiger partial charge < -0.3 is 15.4 Å². The van der Waals surface area contributed by atoms with Crippen molar-refractivity contribution in [3.63, 3.8) is 0 Å². The van der Waals surface area contributed by atoms with Gasteiger partial charge in [-0.05, 0) is 49.9 Å². The van der Waals surface area contributed by atoms with Gasteiger partial charge in [0.05, 0.1) is 18.0 Å². The minimum absolute atomic E-state index is 0. The van der Waals surface area contributed by atoms with Gasteiger partial charge in [0.2, 0.25) is 10.0 Å². The molecule has 1 aliphatic heterocycles. The summed E-state index contributed by atoms with van der Waals surface area (Å²) in [6.07, 6.45) is 10.4. The molecular weight excluding hydrogens is 426 g/mol. The number of hydrogen-bond donors (Lipinski definition) is 2. The number of piperidine rings is 1. The third-order valence-electron chi connectivity index (χ3n) is 5.98. The molecule has 32 heavy (non-hydrogen) atoms. The highest BCUT2D eigenvalue weighted by Crippen LogP contribution is 2.26. The Morgan fingerprint density at radius 3 is 2.25 bits per heavy atom. The van der Waals surface area contributed by atoms with Gasteiger partial charge in [-0.25, -0.2) is 13.2 Å². The minimum Gasteiger partial charge on any atom is -0.497 e. The fraction of sp³-hybridized carbons (Fsp3) is 0.583. The number of hydrogen-bond acceptors (Lipinski definition) is 4. The van der Waals surface area contributed by atoms with Crippen LogP contribution in [0.2, 0.25) is 0 Å². The Hall–Kier alpha value is -1.80. The molecule has 1 aromatic carbocycles. The van der Waals surface area contributed by atoms with E-state index in [2.05, 4.69) is 10.6 Å². The van der Waals surface area contributed by atoms with Crippen molar-refractivity contribution in [2.75, 3.05) is 20.2 Å². The molecule has 0 aromatic heterocycles. The first kappa shape index (κ1) is 28.2. The number of carbonyl (C=O) groups is 1. The van der Waals surface area contributed by atoms with Crippen molar-refractivity contribution in [2.45, 2.75) is 75.1 Å². The third kappa shape index (κ3) is 7.66. The second-order valence-electron chi connectivity index (χ2n) is 8.15. The molecule has 2 fully saturated rings. The number of nitrogens with zero attached hydrogens (tertiary/aromatic N) is 1. The molecule has 2 amide bonds. The predicted octanol–water partition coefficient (Wildman–Crippen LogP) is 4.47. The van der Waals surface area contributed by atoms with Crippen molar-refractivity contribution in [2.24, 2.45) is 0 Å². The SMILES string of the molecule is COc1ccc(S(=O)(=O)N2CCCCC2CNC(=O)N[C]2CCCCCCC2)cc1.[CH2].[CH2]. The van der Waals surface area contributed by atoms with Crippen LogP contribution in [0.15, 0.2) is 29.2 Å². The Morgan fingerprint density at radius 2 is 1.62 bits per heavy atom. The van der Waals surface area contributed by atoms with E-state index in [1.54, 1.807) is 35.7 Å². The highest BCUT2D eigenvalue weighted by atomic mass is 32.2. The lowest BCUT2D eigenvalue weighted by molar-refractivity contribution is 0.223. The Morgan fingerprint density at radius 1 is 1.00 bits per heavy atom. The standard InChI is InChI=1S/C22H34N3O4S.2CH2/c1-29-20-12-14-21(15-13-20)30(27,28)25-16-8-7-11-19(25)17-23-22(26)24-18-9-5-3-2-4-6-10-18;;/h12-15,19H,2-11,16-17H2,1H3,(H2,23,24,26);2*1H2. The molecule has 2 aliphatic rings. The molecule has 1 atom stereocenters. The van der Waals surface area contributed by atoms with E-state index in [-0.39, 0.29) is 31.8 Å². The van der Waals surface area contributed by atoms with Crippen LogP contribution in [0.1, 0.15) is 64.2 Å². The Bertz CT molecular complexity index is 775. The first-order valence-corrected chi connectivity index (χ1v) is 12.5. The lowest BCUT2D eigenvalue weighted by Gasteiger charge is -2.35. The largest absolute Gasteiger partial charge is 0.497 e. The van der Waals surface area contributed by atoms with Gasteiger partial charge in [0.1, 0.15) is 5.75 Å². The van der Waals surface area contributed by atoms with E-state index in [0.29, 0.717) is 18.8 Å². The van der Waals surface area contributed by atoms with Crippen molar-refractivity contribution in [3.8, 4) is 5.75 Å². The van der Waals surface area contributed by atoms with E-state index in [1.807, 2.05) is 0 Å². The fourth-order valence-electron chi connectivity index (χ4n) is 4.25. The van der Waals surface area contributed by atoms with Gasteiger partial charge in [0.25, 0.3) is 0 Å².